The van der Waals surface area contributed by atoms with E-state index in [9.17, 15) is 9.59 Å². The lowest BCUT2D eigenvalue weighted by Crippen LogP contribution is -2.36. The number of benzene rings is 2. The summed E-state index contributed by atoms with van der Waals surface area (Å²) in [6, 6.07) is 11.6. The largest absolute Gasteiger partial charge is 0.338 e. The van der Waals surface area contributed by atoms with Crippen molar-refractivity contribution in [1.29, 1.82) is 0 Å². The number of hydrogen-bond donors (Lipinski definition) is 2. The molecule has 1 aliphatic carbocycles. The fourth-order valence-electron chi connectivity index (χ4n) is 3.52. The van der Waals surface area contributed by atoms with Gasteiger partial charge in [-0.15, -0.1) is 0 Å². The molecular formula is C22H25N3O2. The zero-order chi connectivity index (χ0) is 19.0. The predicted octanol–water partition coefficient (Wildman–Crippen LogP) is 4.24. The van der Waals surface area contributed by atoms with Gasteiger partial charge in [0.25, 0.3) is 0 Å². The number of carbonyl (C=O) groups is 2. The number of nitrogens with zero attached hydrogens (tertiary/aromatic N) is 1. The van der Waals surface area contributed by atoms with Crippen LogP contribution in [0.5, 0.6) is 0 Å². The minimum Gasteiger partial charge on any atom is -0.338 e. The number of hydrogen-bond acceptors (Lipinski definition) is 2. The first-order chi connectivity index (χ1) is 13.0. The molecule has 0 bridgehead atoms. The molecule has 1 fully saturated rings. The zero-order valence-corrected chi connectivity index (χ0v) is 15.8. The minimum absolute atomic E-state index is 0.247. The molecule has 2 N–H and O–H groups in total. The van der Waals surface area contributed by atoms with Crippen LogP contribution in [0.2, 0.25) is 0 Å². The maximum Gasteiger partial charge on any atom is 0.323 e. The summed E-state index contributed by atoms with van der Waals surface area (Å²) < 4.78 is 0. The third-order valence-electron chi connectivity index (χ3n) is 5.48. The lowest BCUT2D eigenvalue weighted by atomic mass is 9.98. The van der Waals surface area contributed by atoms with Crippen LogP contribution in [-0.2, 0) is 17.8 Å². The Hall–Kier alpha value is -2.82. The molecule has 0 spiro atoms. The average Bonchev–Trinajstić information content (AvgIpc) is 3.48. The van der Waals surface area contributed by atoms with E-state index in [0.29, 0.717) is 6.54 Å². The third kappa shape index (κ3) is 3.97. The van der Waals surface area contributed by atoms with Crippen LogP contribution in [0.3, 0.4) is 0 Å². The van der Waals surface area contributed by atoms with E-state index in [-0.39, 0.29) is 17.9 Å². The van der Waals surface area contributed by atoms with Gasteiger partial charge in [-0.3, -0.25) is 4.79 Å². The van der Waals surface area contributed by atoms with E-state index in [4.69, 9.17) is 0 Å². The van der Waals surface area contributed by atoms with E-state index >= 15 is 0 Å². The molecule has 5 nitrogen and oxygen atoms in total. The first-order valence-electron chi connectivity index (χ1n) is 9.55. The molecule has 0 atom stereocenters. The van der Waals surface area contributed by atoms with E-state index in [0.717, 1.165) is 48.3 Å². The molecular weight excluding hydrogens is 338 g/mol. The van der Waals surface area contributed by atoms with Crippen molar-refractivity contribution in [2.75, 3.05) is 17.2 Å². The Morgan fingerprint density at radius 1 is 0.926 bits per heavy atom. The Kier molecular flexibility index (Phi) is 4.60. The van der Waals surface area contributed by atoms with Gasteiger partial charge in [-0.2, -0.15) is 0 Å². The molecule has 0 radical (unpaired) electrons. The van der Waals surface area contributed by atoms with Crippen LogP contribution in [0.4, 0.5) is 16.2 Å². The van der Waals surface area contributed by atoms with Gasteiger partial charge in [-0.25, -0.2) is 4.79 Å². The standard InChI is InChI=1S/C22H25N3O2/c1-14-3-7-19(11-15(14)2)23-22(27)24-20-8-6-16-9-10-25(13-18(16)12-20)21(26)17-4-5-17/h3,6-8,11-12,17H,4-5,9-10,13H2,1-2H3,(H2,23,24,27). The molecule has 140 valence electrons. The van der Waals surface area contributed by atoms with E-state index in [1.54, 1.807) is 0 Å². The SMILES string of the molecule is Cc1ccc(NC(=O)Nc2ccc3c(c2)CN(C(=O)C2CC2)CC3)cc1C. The van der Waals surface area contributed by atoms with Crippen molar-refractivity contribution < 1.29 is 9.59 Å². The van der Waals surface area contributed by atoms with Crippen LogP contribution < -0.4 is 10.6 Å². The monoisotopic (exact) mass is 363 g/mol. The van der Waals surface area contributed by atoms with Crippen LogP contribution in [0.25, 0.3) is 0 Å². The maximum atomic E-state index is 12.3. The summed E-state index contributed by atoms with van der Waals surface area (Å²) in [5.41, 5.74) is 6.24. The Morgan fingerprint density at radius 2 is 1.63 bits per heavy atom. The highest BCUT2D eigenvalue weighted by atomic mass is 16.2. The number of carbonyl (C=O) groups excluding carboxylic acids is 2. The molecule has 4 rings (SSSR count). The zero-order valence-electron chi connectivity index (χ0n) is 15.8. The van der Waals surface area contributed by atoms with Crippen molar-refractivity contribution in [3.8, 4) is 0 Å². The van der Waals surface area contributed by atoms with Crippen LogP contribution in [0, 0.1) is 19.8 Å². The summed E-state index contributed by atoms with van der Waals surface area (Å²) in [7, 11) is 0. The van der Waals surface area contributed by atoms with Crippen molar-refractivity contribution in [3.05, 3.63) is 58.7 Å². The first-order valence-corrected chi connectivity index (χ1v) is 9.55. The van der Waals surface area contributed by atoms with Crippen LogP contribution in [-0.4, -0.2) is 23.4 Å². The van der Waals surface area contributed by atoms with Gasteiger partial charge in [-0.05, 0) is 79.6 Å². The van der Waals surface area contributed by atoms with Crippen LogP contribution in [0.15, 0.2) is 36.4 Å². The van der Waals surface area contributed by atoms with Gasteiger partial charge < -0.3 is 15.5 Å². The molecule has 0 aromatic heterocycles. The number of nitrogens with one attached hydrogen (secondary N) is 2. The number of aryl methyl sites for hydroxylation is 2. The Balaban J connectivity index is 1.42. The number of rotatable bonds is 3. The minimum atomic E-state index is -0.264. The molecule has 2 aromatic carbocycles. The van der Waals surface area contributed by atoms with Gasteiger partial charge in [-0.1, -0.05) is 12.1 Å². The number of urea groups is 1. The van der Waals surface area contributed by atoms with Gasteiger partial charge in [0.05, 0.1) is 0 Å². The lowest BCUT2D eigenvalue weighted by molar-refractivity contribution is -0.133. The van der Waals surface area contributed by atoms with Crippen molar-refractivity contribution in [2.24, 2.45) is 5.92 Å². The van der Waals surface area contributed by atoms with Crippen molar-refractivity contribution in [2.45, 2.75) is 39.7 Å². The predicted molar refractivity (Wildman–Crippen MR) is 107 cm³/mol. The molecule has 27 heavy (non-hydrogen) atoms. The first kappa shape index (κ1) is 17.6. The van der Waals surface area contributed by atoms with Gasteiger partial charge in [0.1, 0.15) is 0 Å². The van der Waals surface area contributed by atoms with Crippen LogP contribution in [0.1, 0.15) is 35.1 Å². The van der Waals surface area contributed by atoms with Crippen molar-refractivity contribution in [3.63, 3.8) is 0 Å². The average molecular weight is 363 g/mol. The van der Waals surface area contributed by atoms with Gasteiger partial charge in [0.2, 0.25) is 5.91 Å². The van der Waals surface area contributed by atoms with Crippen LogP contribution >= 0.6 is 0 Å². The molecule has 0 saturated heterocycles. The molecule has 1 aliphatic heterocycles. The van der Waals surface area contributed by atoms with Gasteiger partial charge in [0, 0.05) is 30.4 Å². The molecule has 1 saturated carbocycles. The quantitative estimate of drug-likeness (QED) is 0.857. The highest BCUT2D eigenvalue weighted by Crippen LogP contribution is 2.33. The third-order valence-corrected chi connectivity index (χ3v) is 5.48. The fraction of sp³-hybridized carbons (Fsp3) is 0.364. The molecule has 2 aliphatic rings. The van der Waals surface area contributed by atoms with Gasteiger partial charge in [0.15, 0.2) is 0 Å². The molecule has 1 heterocycles. The Labute approximate surface area is 159 Å². The second kappa shape index (κ2) is 7.06. The Bertz CT molecular complexity index is 902. The van der Waals surface area contributed by atoms with Gasteiger partial charge >= 0.3 is 6.03 Å². The fourth-order valence-corrected chi connectivity index (χ4v) is 3.52. The lowest BCUT2D eigenvalue weighted by Gasteiger charge is -2.29. The molecule has 0 unspecified atom stereocenters. The van der Waals surface area contributed by atoms with E-state index in [1.165, 1.54) is 11.1 Å². The summed E-state index contributed by atoms with van der Waals surface area (Å²) in [6.07, 6.45) is 2.94. The normalized spacial score (nSPS) is 15.9. The number of amides is 3. The van der Waals surface area contributed by atoms with Crippen molar-refractivity contribution >= 4 is 23.3 Å². The van der Waals surface area contributed by atoms with E-state index in [2.05, 4.69) is 16.7 Å². The molecule has 5 heteroatoms. The molecule has 3 amide bonds. The second-order valence-electron chi connectivity index (χ2n) is 7.65. The second-order valence-corrected chi connectivity index (χ2v) is 7.65. The Morgan fingerprint density at radius 3 is 2.33 bits per heavy atom. The highest BCUT2D eigenvalue weighted by Gasteiger charge is 2.34. The molecule has 2 aromatic rings. The van der Waals surface area contributed by atoms with E-state index in [1.807, 2.05) is 49.1 Å². The number of anilines is 2. The summed E-state index contributed by atoms with van der Waals surface area (Å²) >= 11 is 0. The smallest absolute Gasteiger partial charge is 0.323 e. The summed E-state index contributed by atoms with van der Waals surface area (Å²) in [5.74, 6) is 0.531. The van der Waals surface area contributed by atoms with Crippen molar-refractivity contribution in [1.82, 2.24) is 4.90 Å². The highest BCUT2D eigenvalue weighted by molar-refractivity contribution is 5.99. The number of fused-ring (bicyclic) bond motifs is 1. The van der Waals surface area contributed by atoms with E-state index < -0.39 is 0 Å². The summed E-state index contributed by atoms with van der Waals surface area (Å²) in [4.78, 5) is 26.6. The summed E-state index contributed by atoms with van der Waals surface area (Å²) in [6.45, 7) is 5.50. The summed E-state index contributed by atoms with van der Waals surface area (Å²) in [5, 5.41) is 5.77. The topological polar surface area (TPSA) is 61.4 Å². The maximum absolute atomic E-state index is 12.3.